The highest BCUT2D eigenvalue weighted by Crippen LogP contribution is 2.61. The van der Waals surface area contributed by atoms with Gasteiger partial charge in [0.1, 0.15) is 0 Å². The molecular formula is C44H42N3+. The van der Waals surface area contributed by atoms with Crippen LogP contribution < -0.4 is 0 Å². The molecule has 0 aromatic heterocycles. The zero-order valence-corrected chi connectivity index (χ0v) is 27.4. The topological polar surface area (TPSA) is 15.4 Å². The molecule has 232 valence electrons. The first-order chi connectivity index (χ1) is 23.0. The van der Waals surface area contributed by atoms with E-state index in [4.69, 9.17) is 4.99 Å². The summed E-state index contributed by atoms with van der Waals surface area (Å²) in [4.78, 5) is 5.69. The second-order valence-corrected chi connectivity index (χ2v) is 14.4. The first kappa shape index (κ1) is 28.5. The Morgan fingerprint density at radius 1 is 0.851 bits per heavy atom. The molecule has 0 radical (unpaired) electrons. The van der Waals surface area contributed by atoms with Crippen molar-refractivity contribution in [3.63, 3.8) is 0 Å². The third-order valence-corrected chi connectivity index (χ3v) is 11.9. The van der Waals surface area contributed by atoms with Crippen LogP contribution in [0, 0.1) is 23.2 Å². The van der Waals surface area contributed by atoms with Crippen LogP contribution in [0.15, 0.2) is 167 Å². The van der Waals surface area contributed by atoms with Crippen molar-refractivity contribution in [1.82, 2.24) is 5.01 Å². The number of hydrogen-bond acceptors (Lipinski definition) is 2. The van der Waals surface area contributed by atoms with Crippen LogP contribution in [0.4, 0.5) is 0 Å². The molecule has 1 saturated heterocycles. The number of benzene rings is 3. The van der Waals surface area contributed by atoms with E-state index in [0.29, 0.717) is 17.8 Å². The Kier molecular flexibility index (Phi) is 6.46. The lowest BCUT2D eigenvalue weighted by atomic mass is 9.58. The predicted octanol–water partition coefficient (Wildman–Crippen LogP) is 9.71. The van der Waals surface area contributed by atoms with E-state index in [1.165, 1.54) is 39.0 Å². The van der Waals surface area contributed by atoms with Crippen LogP contribution in [0.2, 0.25) is 0 Å². The van der Waals surface area contributed by atoms with Crippen molar-refractivity contribution in [3.05, 3.63) is 185 Å². The zero-order valence-electron chi connectivity index (χ0n) is 27.4. The van der Waals surface area contributed by atoms with Gasteiger partial charge in [-0.15, -0.1) is 5.01 Å². The normalized spacial score (nSPS) is 34.5. The molecule has 1 fully saturated rings. The maximum Gasteiger partial charge on any atom is 0.259 e. The molecule has 0 spiro atoms. The van der Waals surface area contributed by atoms with Gasteiger partial charge in [-0.2, -0.15) is 4.59 Å². The Morgan fingerprint density at radius 2 is 1.62 bits per heavy atom. The van der Waals surface area contributed by atoms with Crippen molar-refractivity contribution < 1.29 is 4.59 Å². The van der Waals surface area contributed by atoms with Gasteiger partial charge < -0.3 is 0 Å². The maximum atomic E-state index is 5.69. The average Bonchev–Trinajstić information content (AvgIpc) is 3.63. The molecular weight excluding hydrogens is 571 g/mol. The largest absolute Gasteiger partial charge is 0.259 e. The van der Waals surface area contributed by atoms with Gasteiger partial charge in [-0.3, -0.25) is 0 Å². The summed E-state index contributed by atoms with van der Waals surface area (Å²) in [5.74, 6) is 2.29. The Balaban J connectivity index is 1.20. The Hall–Kier alpha value is -4.73. The smallest absolute Gasteiger partial charge is 0.201 e. The van der Waals surface area contributed by atoms with Gasteiger partial charge in [0.05, 0.1) is 13.0 Å². The quantitative estimate of drug-likeness (QED) is 0.207. The van der Waals surface area contributed by atoms with E-state index < -0.39 is 0 Å². The molecule has 3 nitrogen and oxygen atoms in total. The van der Waals surface area contributed by atoms with Crippen molar-refractivity contribution in [2.45, 2.75) is 38.5 Å². The van der Waals surface area contributed by atoms with Gasteiger partial charge in [0.25, 0.3) is 6.17 Å². The molecule has 7 unspecified atom stereocenters. The van der Waals surface area contributed by atoms with E-state index in [1.54, 1.807) is 0 Å². The monoisotopic (exact) mass is 612 g/mol. The number of rotatable bonds is 5. The molecule has 6 aliphatic rings. The van der Waals surface area contributed by atoms with Crippen LogP contribution >= 0.6 is 0 Å². The number of fused-ring (bicyclic) bond motifs is 3. The fourth-order valence-electron chi connectivity index (χ4n) is 9.44. The van der Waals surface area contributed by atoms with E-state index in [2.05, 4.69) is 178 Å². The minimum absolute atomic E-state index is 0.0615. The maximum absolute atomic E-state index is 5.69. The van der Waals surface area contributed by atoms with Crippen LogP contribution in [0.1, 0.15) is 54.6 Å². The van der Waals surface area contributed by atoms with Gasteiger partial charge >= 0.3 is 0 Å². The van der Waals surface area contributed by atoms with E-state index in [0.717, 1.165) is 16.8 Å². The van der Waals surface area contributed by atoms with Crippen molar-refractivity contribution in [2.75, 3.05) is 7.05 Å². The van der Waals surface area contributed by atoms with Gasteiger partial charge in [0.2, 0.25) is 6.17 Å². The summed E-state index contributed by atoms with van der Waals surface area (Å²) in [6, 6.07) is 30.9. The van der Waals surface area contributed by atoms with E-state index in [9.17, 15) is 0 Å². The van der Waals surface area contributed by atoms with Gasteiger partial charge in [-0.05, 0) is 34.6 Å². The highest BCUT2D eigenvalue weighted by molar-refractivity contribution is 6.00. The second-order valence-electron chi connectivity index (χ2n) is 14.4. The van der Waals surface area contributed by atoms with Crippen LogP contribution in [-0.4, -0.2) is 28.7 Å². The summed E-state index contributed by atoms with van der Waals surface area (Å²) in [6.45, 7) is 4.95. The third kappa shape index (κ3) is 4.26. The van der Waals surface area contributed by atoms with Crippen molar-refractivity contribution in [3.8, 4) is 0 Å². The second kappa shape index (κ2) is 10.7. The molecule has 3 heteroatoms. The summed E-state index contributed by atoms with van der Waals surface area (Å²) < 4.78 is 0.783. The highest BCUT2D eigenvalue weighted by Gasteiger charge is 2.74. The number of hydrogen-bond donors (Lipinski definition) is 0. The molecule has 9 rings (SSSR count). The molecule has 2 aliphatic heterocycles. The molecule has 0 N–H and O–H groups in total. The highest BCUT2D eigenvalue weighted by atomic mass is 16.0. The number of nitrogens with zero attached hydrogens (tertiary/aromatic N) is 3. The molecule has 3 aromatic carbocycles. The van der Waals surface area contributed by atoms with Gasteiger partial charge in [-0.1, -0.05) is 171 Å². The van der Waals surface area contributed by atoms with Crippen molar-refractivity contribution >= 4 is 11.9 Å². The van der Waals surface area contributed by atoms with Crippen LogP contribution in [0.25, 0.3) is 6.08 Å². The van der Waals surface area contributed by atoms with Crippen LogP contribution in [0.3, 0.4) is 0 Å². The fourth-order valence-corrected chi connectivity index (χ4v) is 9.44. The lowest BCUT2D eigenvalue weighted by molar-refractivity contribution is -0.873. The standard InChI is InChI=1S/C44H42N3/c1-30-38(42-45-41(33-18-6-4-7-19-33)46-43(47(42,46)3)34-20-8-5-9-21-34)28-35(37-25-14-22-31-16-10-12-24-36(31)37)29-40(30)44(2)27-15-23-32-17-11-13-26-39(32)44/h4-24,26-30,37-39,42-43H,25H2,1-3H3/q+1/t30?,37?,38?,39?,42?,43?,44?,46?,47-/m1/s1. The Morgan fingerprint density at radius 3 is 2.45 bits per heavy atom. The predicted molar refractivity (Wildman–Crippen MR) is 193 cm³/mol. The molecule has 2 heterocycles. The summed E-state index contributed by atoms with van der Waals surface area (Å²) in [5, 5.41) is 2.56. The third-order valence-electron chi connectivity index (χ3n) is 11.9. The molecule has 3 aromatic rings. The first-order valence-electron chi connectivity index (χ1n) is 17.3. The van der Waals surface area contributed by atoms with E-state index in [1.807, 2.05) is 0 Å². The number of quaternary nitrogens is 1. The lowest BCUT2D eigenvalue weighted by Gasteiger charge is -2.46. The summed E-state index contributed by atoms with van der Waals surface area (Å²) in [6.07, 6.45) is 27.5. The summed E-state index contributed by atoms with van der Waals surface area (Å²) in [7, 11) is 2.41. The Labute approximate surface area is 279 Å². The van der Waals surface area contributed by atoms with Crippen LogP contribution in [-0.2, 0) is 0 Å². The number of aliphatic imine (C=N–C) groups is 1. The number of amidine groups is 1. The zero-order chi connectivity index (χ0) is 31.8. The van der Waals surface area contributed by atoms with Gasteiger partial charge in [0, 0.05) is 28.4 Å². The number of allylic oxidation sites excluding steroid dienone is 12. The molecule has 0 amide bonds. The van der Waals surface area contributed by atoms with Crippen molar-refractivity contribution in [1.29, 1.82) is 0 Å². The Bertz CT molecular complexity index is 1990. The molecule has 0 saturated carbocycles. The molecule has 47 heavy (non-hydrogen) atoms. The molecule has 4 aliphatic carbocycles. The SMILES string of the molecule is CC1C(C2(C)C=CC=C3C=CC=CC32)=CC(C2CC=Cc3ccccc32)=CC1C1N=C(c2ccccc2)N2C(c3ccccc3)[N@@+]12C. The molecule has 0 bridgehead atoms. The van der Waals surface area contributed by atoms with E-state index in [-0.39, 0.29) is 23.7 Å². The van der Waals surface area contributed by atoms with Crippen LogP contribution in [0.5, 0.6) is 0 Å². The van der Waals surface area contributed by atoms with E-state index >= 15 is 0 Å². The lowest BCUT2D eigenvalue weighted by Crippen LogP contribution is -2.44. The van der Waals surface area contributed by atoms with Gasteiger partial charge in [-0.25, -0.2) is 4.99 Å². The van der Waals surface area contributed by atoms with Crippen molar-refractivity contribution in [2.24, 2.45) is 28.2 Å². The first-order valence-corrected chi connectivity index (χ1v) is 17.3. The average molecular weight is 613 g/mol. The fraction of sp³-hybridized carbons (Fsp3) is 0.250. The minimum Gasteiger partial charge on any atom is -0.201 e. The van der Waals surface area contributed by atoms with Gasteiger partial charge in [0.15, 0.2) is 5.84 Å². The molecule has 8 atom stereocenters. The minimum atomic E-state index is -0.132. The summed E-state index contributed by atoms with van der Waals surface area (Å²) >= 11 is 0. The summed E-state index contributed by atoms with van der Waals surface area (Å²) in [5.41, 5.74) is 9.57.